The summed E-state index contributed by atoms with van der Waals surface area (Å²) in [6, 6.07) is 0.555. The molecule has 4 heteroatoms. The lowest BCUT2D eigenvalue weighted by molar-refractivity contribution is 0.187. The molecule has 4 nitrogen and oxygen atoms in total. The van der Waals surface area contributed by atoms with Gasteiger partial charge in [-0.2, -0.15) is 0 Å². The van der Waals surface area contributed by atoms with Gasteiger partial charge in [-0.15, -0.1) is 0 Å². The van der Waals surface area contributed by atoms with Crippen molar-refractivity contribution < 1.29 is 4.74 Å². The van der Waals surface area contributed by atoms with Gasteiger partial charge in [0.2, 0.25) is 5.95 Å². The number of ether oxygens (including phenoxy) is 1. The zero-order chi connectivity index (χ0) is 13.8. The summed E-state index contributed by atoms with van der Waals surface area (Å²) in [7, 11) is 1.74. The van der Waals surface area contributed by atoms with Gasteiger partial charge in [-0.1, -0.05) is 13.8 Å². The van der Waals surface area contributed by atoms with E-state index in [-0.39, 0.29) is 0 Å². The zero-order valence-corrected chi connectivity index (χ0v) is 12.6. The maximum absolute atomic E-state index is 5.16. The van der Waals surface area contributed by atoms with E-state index >= 15 is 0 Å². The first-order valence-corrected chi connectivity index (χ1v) is 7.39. The minimum atomic E-state index is 0.555. The van der Waals surface area contributed by atoms with Crippen molar-refractivity contribution in [3.05, 3.63) is 11.9 Å². The molecule has 1 fully saturated rings. The normalized spacial score (nSPS) is 27.5. The standard InChI is InChI=1S/C15H27N3O/c1-11-5-6-14(12(2)9-11)17-15-16-13(3)10-18(15)7-8-19-4/h10-12,14H,5-9H2,1-4H3,(H,16,17). The maximum Gasteiger partial charge on any atom is 0.203 e. The van der Waals surface area contributed by atoms with Crippen molar-refractivity contribution in [2.45, 2.75) is 52.6 Å². The number of hydrogen-bond donors (Lipinski definition) is 1. The van der Waals surface area contributed by atoms with E-state index in [9.17, 15) is 0 Å². The molecule has 0 aliphatic heterocycles. The molecule has 1 heterocycles. The Hall–Kier alpha value is -1.03. The summed E-state index contributed by atoms with van der Waals surface area (Å²) in [5.41, 5.74) is 1.07. The van der Waals surface area contributed by atoms with Gasteiger partial charge >= 0.3 is 0 Å². The molecule has 1 aromatic rings. The highest BCUT2D eigenvalue weighted by Gasteiger charge is 2.26. The van der Waals surface area contributed by atoms with E-state index in [1.54, 1.807) is 7.11 Å². The van der Waals surface area contributed by atoms with Gasteiger partial charge in [-0.05, 0) is 38.0 Å². The van der Waals surface area contributed by atoms with Crippen LogP contribution in [0.2, 0.25) is 0 Å². The first-order chi connectivity index (χ1) is 9.10. The van der Waals surface area contributed by atoms with Crippen LogP contribution < -0.4 is 5.32 Å². The van der Waals surface area contributed by atoms with Crippen molar-refractivity contribution >= 4 is 5.95 Å². The van der Waals surface area contributed by atoms with Crippen LogP contribution in [0.5, 0.6) is 0 Å². The van der Waals surface area contributed by atoms with E-state index < -0.39 is 0 Å². The lowest BCUT2D eigenvalue weighted by Gasteiger charge is -2.33. The van der Waals surface area contributed by atoms with Crippen molar-refractivity contribution in [1.29, 1.82) is 0 Å². The third kappa shape index (κ3) is 3.72. The summed E-state index contributed by atoms with van der Waals surface area (Å²) >= 11 is 0. The number of methoxy groups -OCH3 is 1. The van der Waals surface area contributed by atoms with Crippen molar-refractivity contribution in [3.8, 4) is 0 Å². The molecule has 0 radical (unpaired) electrons. The molecular weight excluding hydrogens is 238 g/mol. The number of aryl methyl sites for hydroxylation is 1. The van der Waals surface area contributed by atoms with Crippen LogP contribution in [0.25, 0.3) is 0 Å². The molecule has 0 aromatic carbocycles. The van der Waals surface area contributed by atoms with E-state index in [1.165, 1.54) is 19.3 Å². The number of nitrogens with one attached hydrogen (secondary N) is 1. The van der Waals surface area contributed by atoms with E-state index in [2.05, 4.69) is 34.9 Å². The number of imidazole rings is 1. The molecule has 0 bridgehead atoms. The summed E-state index contributed by atoms with van der Waals surface area (Å²) in [4.78, 5) is 4.61. The molecule has 0 spiro atoms. The average molecular weight is 265 g/mol. The van der Waals surface area contributed by atoms with Gasteiger partial charge in [0.05, 0.1) is 12.3 Å². The van der Waals surface area contributed by atoms with Crippen LogP contribution >= 0.6 is 0 Å². The monoisotopic (exact) mass is 265 g/mol. The fraction of sp³-hybridized carbons (Fsp3) is 0.800. The van der Waals surface area contributed by atoms with Crippen LogP contribution in [0.3, 0.4) is 0 Å². The number of anilines is 1. The minimum absolute atomic E-state index is 0.555. The van der Waals surface area contributed by atoms with Gasteiger partial charge in [0.1, 0.15) is 0 Å². The summed E-state index contributed by atoms with van der Waals surface area (Å²) in [5.74, 6) is 2.58. The highest BCUT2D eigenvalue weighted by molar-refractivity contribution is 5.30. The Bertz CT molecular complexity index is 402. The summed E-state index contributed by atoms with van der Waals surface area (Å²) in [6.07, 6.45) is 5.98. The average Bonchev–Trinajstić information content (AvgIpc) is 2.70. The largest absolute Gasteiger partial charge is 0.383 e. The number of nitrogens with zero attached hydrogens (tertiary/aromatic N) is 2. The fourth-order valence-corrected chi connectivity index (χ4v) is 3.07. The lowest BCUT2D eigenvalue weighted by atomic mass is 9.80. The second-order valence-corrected chi connectivity index (χ2v) is 6.04. The molecule has 1 aliphatic carbocycles. The minimum Gasteiger partial charge on any atom is -0.383 e. The third-order valence-corrected chi connectivity index (χ3v) is 4.18. The van der Waals surface area contributed by atoms with Gasteiger partial charge in [0.15, 0.2) is 0 Å². The molecule has 0 saturated heterocycles. The highest BCUT2D eigenvalue weighted by Crippen LogP contribution is 2.30. The van der Waals surface area contributed by atoms with E-state index in [0.29, 0.717) is 6.04 Å². The predicted molar refractivity (Wildman–Crippen MR) is 78.4 cm³/mol. The van der Waals surface area contributed by atoms with Crippen molar-refractivity contribution in [1.82, 2.24) is 9.55 Å². The number of rotatable bonds is 5. The molecule has 19 heavy (non-hydrogen) atoms. The second-order valence-electron chi connectivity index (χ2n) is 6.04. The summed E-state index contributed by atoms with van der Waals surface area (Å²) < 4.78 is 7.33. The van der Waals surface area contributed by atoms with Crippen LogP contribution in [-0.4, -0.2) is 29.3 Å². The Kier molecular flexibility index (Phi) is 4.86. The number of hydrogen-bond acceptors (Lipinski definition) is 3. The number of aromatic nitrogens is 2. The van der Waals surface area contributed by atoms with Crippen LogP contribution in [0.1, 0.15) is 38.8 Å². The van der Waals surface area contributed by atoms with Gasteiger partial charge < -0.3 is 14.6 Å². The maximum atomic E-state index is 5.16. The second kappa shape index (κ2) is 6.42. The van der Waals surface area contributed by atoms with Crippen molar-refractivity contribution in [2.75, 3.05) is 19.0 Å². The summed E-state index contributed by atoms with van der Waals surface area (Å²) in [6.45, 7) is 8.33. The summed E-state index contributed by atoms with van der Waals surface area (Å²) in [5, 5.41) is 3.65. The van der Waals surface area contributed by atoms with Crippen molar-refractivity contribution in [3.63, 3.8) is 0 Å². The first-order valence-electron chi connectivity index (χ1n) is 7.39. The quantitative estimate of drug-likeness (QED) is 0.889. The molecule has 2 rings (SSSR count). The third-order valence-electron chi connectivity index (χ3n) is 4.18. The molecule has 0 amide bonds. The van der Waals surface area contributed by atoms with Crippen LogP contribution in [0.15, 0.2) is 6.20 Å². The van der Waals surface area contributed by atoms with Gasteiger partial charge in [-0.25, -0.2) is 4.98 Å². The fourth-order valence-electron chi connectivity index (χ4n) is 3.07. The first kappa shape index (κ1) is 14.4. The smallest absolute Gasteiger partial charge is 0.203 e. The Labute approximate surface area is 116 Å². The van der Waals surface area contributed by atoms with Crippen LogP contribution in [0.4, 0.5) is 5.95 Å². The Morgan fingerprint density at radius 1 is 1.42 bits per heavy atom. The Morgan fingerprint density at radius 2 is 2.21 bits per heavy atom. The molecule has 3 atom stereocenters. The van der Waals surface area contributed by atoms with E-state index in [1.807, 2.05) is 6.92 Å². The van der Waals surface area contributed by atoms with Gasteiger partial charge in [0.25, 0.3) is 0 Å². The topological polar surface area (TPSA) is 39.1 Å². The lowest BCUT2D eigenvalue weighted by Crippen LogP contribution is -2.34. The molecule has 108 valence electrons. The Morgan fingerprint density at radius 3 is 2.89 bits per heavy atom. The molecule has 3 unspecified atom stereocenters. The zero-order valence-electron chi connectivity index (χ0n) is 12.6. The molecule has 1 aliphatic rings. The van der Waals surface area contributed by atoms with E-state index in [4.69, 9.17) is 4.74 Å². The molecule has 1 aromatic heterocycles. The Balaban J connectivity index is 2.01. The molecule has 1 N–H and O–H groups in total. The SMILES string of the molecule is COCCn1cc(C)nc1NC1CCC(C)CC1C. The van der Waals surface area contributed by atoms with Gasteiger partial charge in [-0.3, -0.25) is 0 Å². The van der Waals surface area contributed by atoms with Crippen LogP contribution in [-0.2, 0) is 11.3 Å². The van der Waals surface area contributed by atoms with Crippen molar-refractivity contribution in [2.24, 2.45) is 11.8 Å². The molecular formula is C15H27N3O. The van der Waals surface area contributed by atoms with E-state index in [0.717, 1.165) is 36.6 Å². The van der Waals surface area contributed by atoms with Crippen LogP contribution in [0, 0.1) is 18.8 Å². The highest BCUT2D eigenvalue weighted by atomic mass is 16.5. The van der Waals surface area contributed by atoms with Gasteiger partial charge in [0, 0.05) is 25.9 Å². The molecule has 1 saturated carbocycles. The predicted octanol–water partition coefficient (Wildman–Crippen LogP) is 3.07.